The van der Waals surface area contributed by atoms with Gasteiger partial charge in [-0.3, -0.25) is 4.79 Å². The fourth-order valence-electron chi connectivity index (χ4n) is 5.47. The van der Waals surface area contributed by atoms with Gasteiger partial charge in [-0.15, -0.1) is 0 Å². The lowest BCUT2D eigenvalue weighted by Crippen LogP contribution is -2.34. The molecule has 1 aromatic heterocycles. The lowest BCUT2D eigenvalue weighted by molar-refractivity contribution is 0.102. The zero-order valence-corrected chi connectivity index (χ0v) is 24.8. The fourth-order valence-corrected chi connectivity index (χ4v) is 5.47. The summed E-state index contributed by atoms with van der Waals surface area (Å²) in [6, 6.07) is 11.2. The molecule has 9 nitrogen and oxygen atoms in total. The fraction of sp³-hybridized carbons (Fsp3) is 0.500. The molecule has 3 N–H and O–H groups in total. The maximum Gasteiger partial charge on any atom is 0.259 e. The lowest BCUT2D eigenvalue weighted by atomic mass is 9.91. The van der Waals surface area contributed by atoms with Crippen molar-refractivity contribution < 1.29 is 9.90 Å². The molecule has 2 aliphatic rings. The molecule has 0 aliphatic carbocycles. The Hall–Kier alpha value is -3.88. The molecule has 0 spiro atoms. The zero-order chi connectivity index (χ0) is 28.9. The van der Waals surface area contributed by atoms with Gasteiger partial charge in [-0.25, -0.2) is 0 Å². The number of aromatic nitrogens is 3. The molecule has 2 fully saturated rings. The van der Waals surface area contributed by atoms with Crippen LogP contribution in [0.4, 0.5) is 29.2 Å². The second-order valence-corrected chi connectivity index (χ2v) is 11.8. The van der Waals surface area contributed by atoms with E-state index in [4.69, 9.17) is 15.0 Å². The van der Waals surface area contributed by atoms with Gasteiger partial charge in [-0.2, -0.15) is 15.0 Å². The van der Waals surface area contributed by atoms with Gasteiger partial charge in [0.15, 0.2) is 0 Å². The van der Waals surface area contributed by atoms with Crippen LogP contribution in [-0.2, 0) is 0 Å². The first kappa shape index (κ1) is 28.6. The molecule has 9 heteroatoms. The predicted molar refractivity (Wildman–Crippen MR) is 166 cm³/mol. The number of hydrogen-bond acceptors (Lipinski definition) is 8. The number of piperidine rings is 2. The number of phenolic OH excluding ortho intramolecular Hbond substituents is 1. The molecule has 0 saturated carbocycles. The van der Waals surface area contributed by atoms with Gasteiger partial charge in [0.25, 0.3) is 5.91 Å². The van der Waals surface area contributed by atoms with Crippen LogP contribution in [0.25, 0.3) is 0 Å². The Morgan fingerprint density at radius 1 is 0.756 bits per heavy atom. The molecule has 1 amide bonds. The molecule has 2 aliphatic heterocycles. The van der Waals surface area contributed by atoms with Gasteiger partial charge in [0, 0.05) is 37.6 Å². The van der Waals surface area contributed by atoms with E-state index in [0.29, 0.717) is 17.2 Å². The molecule has 3 heterocycles. The van der Waals surface area contributed by atoms with Crippen molar-refractivity contribution in [2.45, 2.75) is 78.1 Å². The molecule has 2 saturated heterocycles. The van der Waals surface area contributed by atoms with Crippen LogP contribution in [0.15, 0.2) is 36.4 Å². The molecule has 0 atom stereocenters. The average molecular weight is 558 g/mol. The summed E-state index contributed by atoms with van der Waals surface area (Å²) in [6.07, 6.45) is 7.10. The van der Waals surface area contributed by atoms with E-state index >= 15 is 0 Å². The van der Waals surface area contributed by atoms with E-state index in [1.807, 2.05) is 44.2 Å². The monoisotopic (exact) mass is 557 g/mol. The van der Waals surface area contributed by atoms with E-state index in [-0.39, 0.29) is 23.5 Å². The Labute approximate surface area is 243 Å². The highest BCUT2D eigenvalue weighted by Gasteiger charge is 2.22. The van der Waals surface area contributed by atoms with Gasteiger partial charge in [0.2, 0.25) is 17.8 Å². The number of carbonyl (C=O) groups excluding carboxylic acids is 1. The Balaban J connectivity index is 1.33. The molecule has 2 aromatic carbocycles. The standard InChI is InChI=1S/C32H43N7O2/c1-21(2)23-19-26(22(3)4)28(40)27(20-23)29(41)33-24-11-13-25(14-12-24)34-30-35-31(38-15-7-5-8-16-38)37-32(36-30)39-17-9-6-10-18-39/h11-14,19-22,40H,5-10,15-18H2,1-4H3,(H,33,41)(H,34,35,36,37). The van der Waals surface area contributed by atoms with Crippen LogP contribution >= 0.6 is 0 Å². The minimum absolute atomic E-state index is 0.0454. The van der Waals surface area contributed by atoms with E-state index in [1.54, 1.807) is 6.07 Å². The summed E-state index contributed by atoms with van der Waals surface area (Å²) >= 11 is 0. The number of rotatable bonds is 8. The first-order chi connectivity index (χ1) is 19.8. The number of nitrogens with zero attached hydrogens (tertiary/aromatic N) is 5. The number of carbonyl (C=O) groups is 1. The molecule has 3 aromatic rings. The normalized spacial score (nSPS) is 15.9. The Morgan fingerprint density at radius 2 is 1.29 bits per heavy atom. The van der Waals surface area contributed by atoms with Gasteiger partial charge >= 0.3 is 0 Å². The molecule has 5 rings (SSSR count). The molecule has 0 bridgehead atoms. The molecular formula is C32H43N7O2. The van der Waals surface area contributed by atoms with E-state index in [9.17, 15) is 9.90 Å². The van der Waals surface area contributed by atoms with Gasteiger partial charge in [0.05, 0.1) is 5.56 Å². The third-order valence-corrected chi connectivity index (χ3v) is 7.98. The van der Waals surface area contributed by atoms with E-state index in [0.717, 1.165) is 80.6 Å². The maximum atomic E-state index is 13.2. The van der Waals surface area contributed by atoms with Crippen LogP contribution < -0.4 is 20.4 Å². The number of anilines is 5. The molecule has 218 valence electrons. The van der Waals surface area contributed by atoms with Crippen LogP contribution in [0.1, 0.15) is 99.5 Å². The van der Waals surface area contributed by atoms with Crippen molar-refractivity contribution >= 4 is 35.1 Å². The van der Waals surface area contributed by atoms with Gasteiger partial charge in [-0.05, 0) is 91.8 Å². The number of amides is 1. The van der Waals surface area contributed by atoms with Crippen LogP contribution in [-0.4, -0.2) is 52.1 Å². The number of hydrogen-bond donors (Lipinski definition) is 3. The zero-order valence-electron chi connectivity index (χ0n) is 24.8. The van der Waals surface area contributed by atoms with Crippen molar-refractivity contribution in [1.29, 1.82) is 0 Å². The highest BCUT2D eigenvalue weighted by atomic mass is 16.3. The second-order valence-electron chi connectivity index (χ2n) is 11.8. The van der Waals surface area contributed by atoms with Crippen molar-refractivity contribution in [3.8, 4) is 5.75 Å². The third kappa shape index (κ3) is 6.89. The summed E-state index contributed by atoms with van der Waals surface area (Å²) in [4.78, 5) is 32.2. The molecule has 0 radical (unpaired) electrons. The molecule has 0 unspecified atom stereocenters. The van der Waals surface area contributed by atoms with Crippen molar-refractivity contribution in [3.05, 3.63) is 53.1 Å². The van der Waals surface area contributed by atoms with Crippen molar-refractivity contribution in [2.75, 3.05) is 46.6 Å². The quantitative estimate of drug-likeness (QED) is 0.278. The summed E-state index contributed by atoms with van der Waals surface area (Å²) in [6.45, 7) is 12.1. The van der Waals surface area contributed by atoms with Gasteiger partial charge in [-0.1, -0.05) is 33.8 Å². The second kappa shape index (κ2) is 12.7. The van der Waals surface area contributed by atoms with E-state index in [2.05, 4.69) is 34.3 Å². The van der Waals surface area contributed by atoms with Gasteiger partial charge in [0.1, 0.15) is 5.75 Å². The smallest absolute Gasteiger partial charge is 0.259 e. The molecule has 41 heavy (non-hydrogen) atoms. The number of phenols is 1. The van der Waals surface area contributed by atoms with Crippen molar-refractivity contribution in [1.82, 2.24) is 15.0 Å². The summed E-state index contributed by atoms with van der Waals surface area (Å²) in [5.74, 6) is 2.05. The minimum atomic E-state index is -0.331. The topological polar surface area (TPSA) is 107 Å². The average Bonchev–Trinajstić information content (AvgIpc) is 2.98. The van der Waals surface area contributed by atoms with Crippen molar-refractivity contribution in [3.63, 3.8) is 0 Å². The summed E-state index contributed by atoms with van der Waals surface area (Å²) in [7, 11) is 0. The lowest BCUT2D eigenvalue weighted by Gasteiger charge is -2.30. The first-order valence-corrected chi connectivity index (χ1v) is 15.1. The summed E-state index contributed by atoms with van der Waals surface area (Å²) in [5, 5.41) is 17.2. The van der Waals surface area contributed by atoms with Crippen molar-refractivity contribution in [2.24, 2.45) is 0 Å². The Kier molecular flexibility index (Phi) is 8.90. The third-order valence-electron chi connectivity index (χ3n) is 7.98. The molecular weight excluding hydrogens is 514 g/mol. The SMILES string of the molecule is CC(C)c1cc(C(=O)Nc2ccc(Nc3nc(N4CCCCC4)nc(N4CCCCC4)n3)cc2)c(O)c(C(C)C)c1. The predicted octanol–water partition coefficient (Wildman–Crippen LogP) is 6.80. The minimum Gasteiger partial charge on any atom is -0.507 e. The maximum absolute atomic E-state index is 13.2. The van der Waals surface area contributed by atoms with E-state index in [1.165, 1.54) is 12.8 Å². The number of nitrogens with one attached hydrogen (secondary N) is 2. The number of benzene rings is 2. The van der Waals surface area contributed by atoms with E-state index < -0.39 is 0 Å². The highest BCUT2D eigenvalue weighted by Crippen LogP contribution is 2.34. The summed E-state index contributed by atoms with van der Waals surface area (Å²) in [5.41, 5.74) is 3.56. The van der Waals surface area contributed by atoms with Crippen LogP contribution in [0.3, 0.4) is 0 Å². The Morgan fingerprint density at radius 3 is 1.80 bits per heavy atom. The highest BCUT2D eigenvalue weighted by molar-refractivity contribution is 6.06. The first-order valence-electron chi connectivity index (χ1n) is 15.1. The van der Waals surface area contributed by atoms with Crippen LogP contribution in [0.5, 0.6) is 5.75 Å². The van der Waals surface area contributed by atoms with Crippen LogP contribution in [0.2, 0.25) is 0 Å². The Bertz CT molecular complexity index is 1310. The van der Waals surface area contributed by atoms with Crippen LogP contribution in [0, 0.1) is 0 Å². The van der Waals surface area contributed by atoms with Gasteiger partial charge < -0.3 is 25.5 Å². The number of aromatic hydroxyl groups is 1. The largest absolute Gasteiger partial charge is 0.507 e. The summed E-state index contributed by atoms with van der Waals surface area (Å²) < 4.78 is 0.